The lowest BCUT2D eigenvalue weighted by molar-refractivity contribution is -0.132. The number of amides is 1. The first kappa shape index (κ1) is 17.5. The number of hydrogen-bond donors (Lipinski definition) is 0. The number of aromatic nitrogens is 2. The topological polar surface area (TPSA) is 50.1 Å². The number of piperazine rings is 1. The molecule has 0 N–H and O–H groups in total. The molecule has 0 radical (unpaired) electrons. The number of pyridine rings is 1. The van der Waals surface area contributed by atoms with Gasteiger partial charge in [-0.15, -0.1) is 0 Å². The van der Waals surface area contributed by atoms with Crippen molar-refractivity contribution in [1.29, 1.82) is 0 Å². The van der Waals surface area contributed by atoms with Crippen LogP contribution < -0.4 is 4.74 Å². The molecule has 0 saturated carbocycles. The van der Waals surface area contributed by atoms with E-state index in [0.29, 0.717) is 6.42 Å². The summed E-state index contributed by atoms with van der Waals surface area (Å²) in [6.07, 6.45) is 2.41. The van der Waals surface area contributed by atoms with E-state index >= 15 is 0 Å². The van der Waals surface area contributed by atoms with Gasteiger partial charge in [0.25, 0.3) is 0 Å². The number of methoxy groups -OCH3 is 1. The predicted octanol–water partition coefficient (Wildman–Crippen LogP) is 2.23. The Kier molecular flexibility index (Phi) is 5.07. The summed E-state index contributed by atoms with van der Waals surface area (Å²) in [5.74, 6) is 0.999. The molecule has 1 aromatic carbocycles. The number of carbonyl (C=O) groups excluding carboxylic acids is 1. The molecule has 140 valence electrons. The Bertz CT molecular complexity index is 878. The molecule has 0 unspecified atom stereocenters. The molecule has 3 aromatic rings. The fourth-order valence-corrected chi connectivity index (χ4v) is 3.48. The van der Waals surface area contributed by atoms with Gasteiger partial charge in [0.2, 0.25) is 5.91 Å². The zero-order valence-electron chi connectivity index (χ0n) is 15.5. The molecule has 1 aliphatic heterocycles. The number of nitrogens with zero attached hydrogens (tertiary/aromatic N) is 4. The van der Waals surface area contributed by atoms with E-state index in [2.05, 4.69) is 22.1 Å². The van der Waals surface area contributed by atoms with Crippen molar-refractivity contribution in [3.05, 3.63) is 66.0 Å². The van der Waals surface area contributed by atoms with Gasteiger partial charge in [-0.3, -0.25) is 9.69 Å². The fourth-order valence-electron chi connectivity index (χ4n) is 3.48. The lowest BCUT2D eigenvalue weighted by atomic mass is 10.1. The molecule has 3 heterocycles. The van der Waals surface area contributed by atoms with Gasteiger partial charge in [0.1, 0.15) is 5.75 Å². The van der Waals surface area contributed by atoms with E-state index in [1.807, 2.05) is 52.0 Å². The number of benzene rings is 1. The maximum atomic E-state index is 12.6. The molecule has 0 atom stereocenters. The predicted molar refractivity (Wildman–Crippen MR) is 104 cm³/mol. The molecule has 27 heavy (non-hydrogen) atoms. The quantitative estimate of drug-likeness (QED) is 0.697. The second-order valence-electron chi connectivity index (χ2n) is 6.89. The standard InChI is InChI=1S/C21H24N4O2/c1-27-20-7-5-17(6-8-20)14-21(26)24-12-10-23(11-13-24)16-18-15-19-4-2-3-9-25(19)22-18/h2-9,15H,10-14,16H2,1H3. The van der Waals surface area contributed by atoms with Crippen LogP contribution in [0, 0.1) is 0 Å². The van der Waals surface area contributed by atoms with Crippen molar-refractivity contribution in [2.45, 2.75) is 13.0 Å². The average Bonchev–Trinajstić information content (AvgIpc) is 3.11. The maximum Gasteiger partial charge on any atom is 0.227 e. The summed E-state index contributed by atoms with van der Waals surface area (Å²) in [6, 6.07) is 15.9. The van der Waals surface area contributed by atoms with E-state index < -0.39 is 0 Å². The van der Waals surface area contributed by atoms with Crippen LogP contribution in [0.1, 0.15) is 11.3 Å². The van der Waals surface area contributed by atoms with Crippen molar-refractivity contribution in [3.8, 4) is 5.75 Å². The molecule has 4 rings (SSSR count). The summed E-state index contributed by atoms with van der Waals surface area (Å²) in [7, 11) is 1.64. The van der Waals surface area contributed by atoms with Crippen molar-refractivity contribution in [2.24, 2.45) is 0 Å². The van der Waals surface area contributed by atoms with Gasteiger partial charge >= 0.3 is 0 Å². The molecule has 6 heteroatoms. The minimum absolute atomic E-state index is 0.188. The summed E-state index contributed by atoms with van der Waals surface area (Å²) in [5, 5.41) is 4.62. The molecule has 2 aromatic heterocycles. The summed E-state index contributed by atoms with van der Waals surface area (Å²) in [4.78, 5) is 16.9. The second kappa shape index (κ2) is 7.80. The van der Waals surface area contributed by atoms with Crippen LogP contribution in [0.5, 0.6) is 5.75 Å². The normalized spacial score (nSPS) is 15.2. The Balaban J connectivity index is 1.29. The van der Waals surface area contributed by atoms with E-state index in [1.165, 1.54) is 0 Å². The van der Waals surface area contributed by atoms with Crippen LogP contribution in [0.2, 0.25) is 0 Å². The Hall–Kier alpha value is -2.86. The first-order chi connectivity index (χ1) is 13.2. The number of ether oxygens (including phenoxy) is 1. The molecule has 0 bridgehead atoms. The third kappa shape index (κ3) is 4.11. The Morgan fingerprint density at radius 2 is 1.85 bits per heavy atom. The lowest BCUT2D eigenvalue weighted by Gasteiger charge is -2.34. The highest BCUT2D eigenvalue weighted by molar-refractivity contribution is 5.79. The SMILES string of the molecule is COc1ccc(CC(=O)N2CCN(Cc3cc4ccccn4n3)CC2)cc1. The molecule has 1 saturated heterocycles. The number of carbonyl (C=O) groups is 1. The molecule has 0 aliphatic carbocycles. The first-order valence-electron chi connectivity index (χ1n) is 9.27. The van der Waals surface area contributed by atoms with Gasteiger partial charge in [-0.25, -0.2) is 4.52 Å². The molecule has 1 aliphatic rings. The fraction of sp³-hybridized carbons (Fsp3) is 0.333. The largest absolute Gasteiger partial charge is 0.497 e. The van der Waals surface area contributed by atoms with Crippen molar-refractivity contribution in [1.82, 2.24) is 19.4 Å². The van der Waals surface area contributed by atoms with Crippen molar-refractivity contribution in [3.63, 3.8) is 0 Å². The number of hydrogen-bond acceptors (Lipinski definition) is 4. The van der Waals surface area contributed by atoms with Crippen molar-refractivity contribution < 1.29 is 9.53 Å². The summed E-state index contributed by atoms with van der Waals surface area (Å²) in [5.41, 5.74) is 3.20. The highest BCUT2D eigenvalue weighted by Gasteiger charge is 2.21. The van der Waals surface area contributed by atoms with Gasteiger partial charge in [-0.2, -0.15) is 5.10 Å². The Morgan fingerprint density at radius 3 is 2.56 bits per heavy atom. The van der Waals surface area contributed by atoms with Crippen LogP contribution in [0.4, 0.5) is 0 Å². The number of fused-ring (bicyclic) bond motifs is 1. The zero-order valence-corrected chi connectivity index (χ0v) is 15.5. The van der Waals surface area contributed by atoms with Crippen LogP contribution in [-0.4, -0.2) is 58.6 Å². The van der Waals surface area contributed by atoms with Crippen LogP contribution in [0.3, 0.4) is 0 Å². The third-order valence-electron chi connectivity index (χ3n) is 5.05. The van der Waals surface area contributed by atoms with E-state index in [1.54, 1.807) is 7.11 Å². The van der Waals surface area contributed by atoms with E-state index in [4.69, 9.17) is 4.74 Å². The Labute approximate surface area is 159 Å². The molecule has 0 spiro atoms. The second-order valence-corrected chi connectivity index (χ2v) is 6.89. The number of rotatable bonds is 5. The van der Waals surface area contributed by atoms with Gasteiger partial charge in [-0.05, 0) is 35.9 Å². The third-order valence-corrected chi connectivity index (χ3v) is 5.05. The van der Waals surface area contributed by atoms with Crippen LogP contribution in [0.15, 0.2) is 54.7 Å². The minimum atomic E-state index is 0.188. The highest BCUT2D eigenvalue weighted by Crippen LogP contribution is 2.14. The highest BCUT2D eigenvalue weighted by atomic mass is 16.5. The molecule has 1 amide bonds. The van der Waals surface area contributed by atoms with Crippen LogP contribution >= 0.6 is 0 Å². The minimum Gasteiger partial charge on any atom is -0.497 e. The van der Waals surface area contributed by atoms with Gasteiger partial charge in [-0.1, -0.05) is 18.2 Å². The van der Waals surface area contributed by atoms with Gasteiger partial charge < -0.3 is 9.64 Å². The maximum absolute atomic E-state index is 12.6. The van der Waals surface area contributed by atoms with Crippen LogP contribution in [0.25, 0.3) is 5.52 Å². The summed E-state index contributed by atoms with van der Waals surface area (Å²) >= 11 is 0. The lowest BCUT2D eigenvalue weighted by Crippen LogP contribution is -2.48. The molecular formula is C21H24N4O2. The van der Waals surface area contributed by atoms with Crippen molar-refractivity contribution >= 4 is 11.4 Å². The molecule has 6 nitrogen and oxygen atoms in total. The summed E-state index contributed by atoms with van der Waals surface area (Å²) < 4.78 is 7.07. The van der Waals surface area contributed by atoms with Crippen molar-refractivity contribution in [2.75, 3.05) is 33.3 Å². The Morgan fingerprint density at radius 1 is 1.07 bits per heavy atom. The summed E-state index contributed by atoms with van der Waals surface area (Å²) in [6.45, 7) is 4.11. The smallest absolute Gasteiger partial charge is 0.227 e. The van der Waals surface area contributed by atoms with Crippen LogP contribution in [-0.2, 0) is 17.8 Å². The first-order valence-corrected chi connectivity index (χ1v) is 9.27. The molecular weight excluding hydrogens is 340 g/mol. The average molecular weight is 364 g/mol. The van der Waals surface area contributed by atoms with E-state index in [-0.39, 0.29) is 5.91 Å². The molecule has 1 fully saturated rings. The monoisotopic (exact) mass is 364 g/mol. The van der Waals surface area contributed by atoms with E-state index in [0.717, 1.165) is 55.2 Å². The van der Waals surface area contributed by atoms with E-state index in [9.17, 15) is 4.79 Å². The van der Waals surface area contributed by atoms with Gasteiger partial charge in [0.15, 0.2) is 0 Å². The van der Waals surface area contributed by atoms with Gasteiger partial charge in [0.05, 0.1) is 24.7 Å². The van der Waals surface area contributed by atoms with Gasteiger partial charge in [0, 0.05) is 38.9 Å². The zero-order chi connectivity index (χ0) is 18.6.